The Morgan fingerprint density at radius 2 is 1.71 bits per heavy atom. The average Bonchev–Trinajstić information content (AvgIpc) is 3.17. The molecule has 1 unspecified atom stereocenters. The highest BCUT2D eigenvalue weighted by molar-refractivity contribution is 5.86. The van der Waals surface area contributed by atoms with E-state index in [4.69, 9.17) is 5.73 Å². The minimum absolute atomic E-state index is 0. The van der Waals surface area contributed by atoms with Gasteiger partial charge in [-0.15, -0.1) is 12.4 Å². The second-order valence-corrected chi connectivity index (χ2v) is 7.04. The fourth-order valence-electron chi connectivity index (χ4n) is 3.16. The van der Waals surface area contributed by atoms with Crippen LogP contribution in [0.25, 0.3) is 11.3 Å². The van der Waals surface area contributed by atoms with Crippen molar-refractivity contribution >= 4 is 18.3 Å². The molecule has 0 aliphatic heterocycles. The monoisotopic (exact) mass is 398 g/mol. The van der Waals surface area contributed by atoms with Crippen LogP contribution in [0.4, 0.5) is 0 Å². The molecular weight excluding hydrogens is 372 g/mol. The third kappa shape index (κ3) is 5.00. The van der Waals surface area contributed by atoms with E-state index in [-0.39, 0.29) is 18.3 Å². The largest absolute Gasteiger partial charge is 0.344 e. The van der Waals surface area contributed by atoms with Crippen LogP contribution >= 0.6 is 12.4 Å². The van der Waals surface area contributed by atoms with E-state index in [1.54, 1.807) is 18.9 Å². The van der Waals surface area contributed by atoms with Gasteiger partial charge < -0.3 is 10.6 Å². The van der Waals surface area contributed by atoms with Crippen molar-refractivity contribution in [3.63, 3.8) is 0 Å². The van der Waals surface area contributed by atoms with E-state index in [1.165, 1.54) is 0 Å². The van der Waals surface area contributed by atoms with Crippen LogP contribution in [-0.4, -0.2) is 34.6 Å². The number of likely N-dealkylation sites (N-methyl/N-ethyl adjacent to an activating group) is 1. The molecule has 0 radical (unpaired) electrons. The molecule has 3 N–H and O–H groups in total. The van der Waals surface area contributed by atoms with Crippen molar-refractivity contribution in [2.45, 2.75) is 25.3 Å². The number of rotatable bonds is 7. The second kappa shape index (κ2) is 9.53. The van der Waals surface area contributed by atoms with Crippen LogP contribution in [0.5, 0.6) is 0 Å². The van der Waals surface area contributed by atoms with E-state index in [2.05, 4.69) is 16.3 Å². The molecule has 0 aliphatic carbocycles. The molecule has 0 saturated heterocycles. The number of aromatic amines is 1. The first-order valence-corrected chi connectivity index (χ1v) is 9.18. The van der Waals surface area contributed by atoms with E-state index >= 15 is 0 Å². The topological polar surface area (TPSA) is 75.0 Å². The molecule has 0 saturated carbocycles. The summed E-state index contributed by atoms with van der Waals surface area (Å²) in [7, 11) is 1.80. The third-order valence-electron chi connectivity index (χ3n) is 4.80. The highest BCUT2D eigenvalue weighted by Gasteiger charge is 2.32. The van der Waals surface area contributed by atoms with Crippen LogP contribution in [-0.2, 0) is 16.8 Å². The summed E-state index contributed by atoms with van der Waals surface area (Å²) < 4.78 is 0. The fourth-order valence-corrected chi connectivity index (χ4v) is 3.16. The lowest BCUT2D eigenvalue weighted by Gasteiger charge is -2.29. The number of aromatic nitrogens is 2. The first kappa shape index (κ1) is 21.7. The van der Waals surface area contributed by atoms with Gasteiger partial charge in [-0.3, -0.25) is 9.89 Å². The lowest BCUT2D eigenvalue weighted by molar-refractivity contribution is -0.135. The summed E-state index contributed by atoms with van der Waals surface area (Å²) in [4.78, 5) is 14.5. The molecular formula is C22H27ClN4O. The van der Waals surface area contributed by atoms with Gasteiger partial charge in [-0.2, -0.15) is 5.10 Å². The van der Waals surface area contributed by atoms with Crippen LogP contribution in [0.15, 0.2) is 66.7 Å². The molecule has 3 aromatic rings. The van der Waals surface area contributed by atoms with Gasteiger partial charge in [0.2, 0.25) is 5.91 Å². The summed E-state index contributed by atoms with van der Waals surface area (Å²) in [6, 6.07) is 21.6. The zero-order chi connectivity index (χ0) is 19.3. The summed E-state index contributed by atoms with van der Waals surface area (Å²) in [5.74, 6) is -0.0803. The van der Waals surface area contributed by atoms with E-state index in [0.717, 1.165) is 35.4 Å². The molecule has 1 heterocycles. The number of halogens is 1. The predicted octanol–water partition coefficient (Wildman–Crippen LogP) is 3.76. The molecule has 0 aliphatic rings. The normalized spacial score (nSPS) is 12.7. The van der Waals surface area contributed by atoms with Crippen molar-refractivity contribution in [3.8, 4) is 11.3 Å². The average molecular weight is 399 g/mol. The predicted molar refractivity (Wildman–Crippen MR) is 115 cm³/mol. The van der Waals surface area contributed by atoms with Crippen LogP contribution in [0, 0.1) is 0 Å². The van der Waals surface area contributed by atoms with E-state index in [1.807, 2.05) is 60.7 Å². The first-order valence-electron chi connectivity index (χ1n) is 9.18. The number of hydrogen-bond acceptors (Lipinski definition) is 3. The lowest BCUT2D eigenvalue weighted by atomic mass is 9.91. The van der Waals surface area contributed by atoms with Gasteiger partial charge in [-0.25, -0.2) is 0 Å². The number of aryl methyl sites for hydroxylation is 1. The zero-order valence-corrected chi connectivity index (χ0v) is 17.1. The highest BCUT2D eigenvalue weighted by Crippen LogP contribution is 2.20. The summed E-state index contributed by atoms with van der Waals surface area (Å²) in [5, 5.41) is 7.46. The highest BCUT2D eigenvalue weighted by atomic mass is 35.5. The Morgan fingerprint density at radius 1 is 1.11 bits per heavy atom. The van der Waals surface area contributed by atoms with Crippen LogP contribution in [0.1, 0.15) is 24.6 Å². The molecule has 28 heavy (non-hydrogen) atoms. The Kier molecular flexibility index (Phi) is 7.38. The number of benzene rings is 2. The van der Waals surface area contributed by atoms with Crippen LogP contribution < -0.4 is 5.73 Å². The molecule has 1 atom stereocenters. The number of amides is 1. The maximum Gasteiger partial charge on any atom is 0.246 e. The fraction of sp³-hybridized carbons (Fsp3) is 0.273. The van der Waals surface area contributed by atoms with Crippen molar-refractivity contribution in [2.75, 3.05) is 13.6 Å². The van der Waals surface area contributed by atoms with Crippen molar-refractivity contribution < 1.29 is 4.79 Å². The Hall–Kier alpha value is -2.63. The number of carbonyl (C=O) groups excluding carboxylic acids is 1. The van der Waals surface area contributed by atoms with E-state index < -0.39 is 5.54 Å². The Labute approximate surface area is 172 Å². The van der Waals surface area contributed by atoms with Gasteiger partial charge in [0.25, 0.3) is 0 Å². The summed E-state index contributed by atoms with van der Waals surface area (Å²) in [6.45, 7) is 2.40. The Balaban J connectivity index is 0.00000280. The SMILES string of the molecule is CN(CCCc1cc(-c2ccccc2)n[nH]1)C(=O)C(C)(N)c1ccccc1.Cl. The Bertz CT molecular complexity index is 878. The summed E-state index contributed by atoms with van der Waals surface area (Å²) in [6.07, 6.45) is 1.66. The minimum Gasteiger partial charge on any atom is -0.344 e. The van der Waals surface area contributed by atoms with Gasteiger partial charge in [-0.1, -0.05) is 60.7 Å². The standard InChI is InChI=1S/C22H26N4O.ClH/c1-22(23,18-12-7-4-8-13-18)21(27)26(2)15-9-14-19-16-20(25-24-19)17-10-5-3-6-11-17;/h3-8,10-13,16H,9,14-15,23H2,1-2H3,(H,24,25);1H. The minimum atomic E-state index is -1.02. The van der Waals surface area contributed by atoms with Gasteiger partial charge in [-0.05, 0) is 31.4 Å². The number of hydrogen-bond donors (Lipinski definition) is 2. The van der Waals surface area contributed by atoms with Gasteiger partial charge in [0.15, 0.2) is 0 Å². The number of carbonyl (C=O) groups is 1. The third-order valence-corrected chi connectivity index (χ3v) is 4.80. The summed E-state index contributed by atoms with van der Waals surface area (Å²) >= 11 is 0. The van der Waals surface area contributed by atoms with Gasteiger partial charge in [0.05, 0.1) is 5.69 Å². The maximum atomic E-state index is 12.8. The van der Waals surface area contributed by atoms with Crippen molar-refractivity contribution in [3.05, 3.63) is 78.0 Å². The van der Waals surface area contributed by atoms with Crippen molar-refractivity contribution in [1.82, 2.24) is 15.1 Å². The molecule has 1 aromatic heterocycles. The molecule has 148 valence electrons. The molecule has 3 rings (SSSR count). The Morgan fingerprint density at radius 3 is 2.36 bits per heavy atom. The zero-order valence-electron chi connectivity index (χ0n) is 16.3. The molecule has 0 fully saturated rings. The van der Waals surface area contributed by atoms with Crippen molar-refractivity contribution in [2.24, 2.45) is 5.73 Å². The van der Waals surface area contributed by atoms with Crippen molar-refractivity contribution in [1.29, 1.82) is 0 Å². The lowest BCUT2D eigenvalue weighted by Crippen LogP contribution is -2.49. The van der Waals surface area contributed by atoms with Gasteiger partial charge >= 0.3 is 0 Å². The smallest absolute Gasteiger partial charge is 0.246 e. The number of nitrogens with two attached hydrogens (primary N) is 1. The van der Waals surface area contributed by atoms with E-state index in [0.29, 0.717) is 6.54 Å². The molecule has 1 amide bonds. The molecule has 0 spiro atoms. The van der Waals surface area contributed by atoms with Crippen LogP contribution in [0.2, 0.25) is 0 Å². The van der Waals surface area contributed by atoms with Gasteiger partial charge in [0, 0.05) is 24.8 Å². The first-order chi connectivity index (χ1) is 13.0. The van der Waals surface area contributed by atoms with Gasteiger partial charge in [0.1, 0.15) is 5.54 Å². The second-order valence-electron chi connectivity index (χ2n) is 7.04. The number of nitrogens with one attached hydrogen (secondary N) is 1. The quantitative estimate of drug-likeness (QED) is 0.636. The maximum absolute atomic E-state index is 12.8. The van der Waals surface area contributed by atoms with E-state index in [9.17, 15) is 4.79 Å². The number of H-pyrrole nitrogens is 1. The molecule has 0 bridgehead atoms. The van der Waals surface area contributed by atoms with Crippen LogP contribution in [0.3, 0.4) is 0 Å². The molecule has 2 aromatic carbocycles. The number of nitrogens with zero attached hydrogens (tertiary/aromatic N) is 2. The molecule has 6 heteroatoms. The molecule has 5 nitrogen and oxygen atoms in total. The summed E-state index contributed by atoms with van der Waals surface area (Å²) in [5.41, 5.74) is 9.22.